The van der Waals surface area contributed by atoms with E-state index in [1.54, 1.807) is 31.4 Å². The first kappa shape index (κ1) is 21.0. The summed E-state index contributed by atoms with van der Waals surface area (Å²) in [4.78, 5) is 2.58. The Morgan fingerprint density at radius 3 is 2.68 bits per heavy atom. The Morgan fingerprint density at radius 1 is 1.29 bits per heavy atom. The fourth-order valence-electron chi connectivity index (χ4n) is 3.67. The molecule has 28 heavy (non-hydrogen) atoms. The minimum atomic E-state index is -3.58. The predicted molar refractivity (Wildman–Crippen MR) is 108 cm³/mol. The Hall–Kier alpha value is -1.74. The summed E-state index contributed by atoms with van der Waals surface area (Å²) < 4.78 is 36.0. The highest BCUT2D eigenvalue weighted by molar-refractivity contribution is 7.89. The molecule has 2 heterocycles. The van der Waals surface area contributed by atoms with E-state index in [0.717, 1.165) is 25.1 Å². The number of hydrogen-bond donors (Lipinski definition) is 1. The Labute approximate surface area is 167 Å². The molecule has 154 valence electrons. The molecule has 1 aromatic heterocycles. The van der Waals surface area contributed by atoms with Crippen LogP contribution in [0.1, 0.15) is 38.3 Å². The number of rotatable bonds is 9. The van der Waals surface area contributed by atoms with Gasteiger partial charge in [-0.1, -0.05) is 18.2 Å². The smallest absolute Gasteiger partial charge is 0.241 e. The summed E-state index contributed by atoms with van der Waals surface area (Å²) in [5.74, 6) is 0. The lowest BCUT2D eigenvalue weighted by molar-refractivity contribution is 0.161. The van der Waals surface area contributed by atoms with Crippen molar-refractivity contribution in [3.63, 3.8) is 0 Å². The van der Waals surface area contributed by atoms with Crippen LogP contribution in [0.5, 0.6) is 0 Å². The van der Waals surface area contributed by atoms with Gasteiger partial charge in [-0.15, -0.1) is 0 Å². The first-order valence-corrected chi connectivity index (χ1v) is 11.2. The molecule has 8 heteroatoms. The molecule has 1 N–H and O–H groups in total. The molecule has 1 unspecified atom stereocenters. The van der Waals surface area contributed by atoms with Crippen LogP contribution in [0.3, 0.4) is 0 Å². The number of methoxy groups -OCH3 is 1. The third kappa shape index (κ3) is 5.00. The molecule has 0 spiro atoms. The van der Waals surface area contributed by atoms with Crippen LogP contribution in [0.25, 0.3) is 0 Å². The van der Waals surface area contributed by atoms with Crippen molar-refractivity contribution >= 4 is 10.0 Å². The van der Waals surface area contributed by atoms with Crippen LogP contribution < -0.4 is 4.72 Å². The van der Waals surface area contributed by atoms with Gasteiger partial charge in [-0.2, -0.15) is 5.10 Å². The molecule has 0 bridgehead atoms. The van der Waals surface area contributed by atoms with Crippen LogP contribution >= 0.6 is 0 Å². The topological polar surface area (TPSA) is 76.5 Å². The number of sulfonamides is 1. The fourth-order valence-corrected chi connectivity index (χ4v) is 5.14. The van der Waals surface area contributed by atoms with Gasteiger partial charge in [-0.3, -0.25) is 9.58 Å². The number of nitrogens with one attached hydrogen (secondary N) is 1. The van der Waals surface area contributed by atoms with Crippen molar-refractivity contribution in [1.82, 2.24) is 19.4 Å². The quantitative estimate of drug-likeness (QED) is 0.692. The molecule has 0 amide bonds. The van der Waals surface area contributed by atoms with E-state index in [-0.39, 0.29) is 0 Å². The maximum absolute atomic E-state index is 12.9. The lowest BCUT2D eigenvalue weighted by atomic mass is 9.96. The molecule has 0 saturated carbocycles. The van der Waals surface area contributed by atoms with Crippen molar-refractivity contribution in [2.75, 3.05) is 26.8 Å². The molecule has 1 aliphatic heterocycles. The fraction of sp³-hybridized carbons (Fsp3) is 0.550. The van der Waals surface area contributed by atoms with Gasteiger partial charge in [0.05, 0.1) is 11.1 Å². The predicted octanol–water partition coefficient (Wildman–Crippen LogP) is 2.42. The Balaban J connectivity index is 1.73. The summed E-state index contributed by atoms with van der Waals surface area (Å²) in [5, 5.41) is 4.40. The lowest BCUT2D eigenvalue weighted by Gasteiger charge is -2.30. The zero-order valence-corrected chi connectivity index (χ0v) is 17.7. The van der Waals surface area contributed by atoms with Crippen molar-refractivity contribution in [1.29, 1.82) is 0 Å². The van der Waals surface area contributed by atoms with E-state index in [1.165, 1.54) is 0 Å². The van der Waals surface area contributed by atoms with E-state index in [1.807, 2.05) is 16.9 Å². The van der Waals surface area contributed by atoms with Gasteiger partial charge in [0.15, 0.2) is 0 Å². The van der Waals surface area contributed by atoms with Gasteiger partial charge < -0.3 is 4.74 Å². The van der Waals surface area contributed by atoms with Crippen LogP contribution in [0, 0.1) is 0 Å². The zero-order chi connectivity index (χ0) is 20.2. The van der Waals surface area contributed by atoms with E-state index in [9.17, 15) is 8.42 Å². The summed E-state index contributed by atoms with van der Waals surface area (Å²) in [5.41, 5.74) is 0.612. The lowest BCUT2D eigenvalue weighted by Crippen LogP contribution is -2.50. The van der Waals surface area contributed by atoms with Crippen LogP contribution in [0.15, 0.2) is 47.6 Å². The van der Waals surface area contributed by atoms with Gasteiger partial charge in [0.25, 0.3) is 0 Å². The first-order chi connectivity index (χ1) is 13.3. The molecule has 0 radical (unpaired) electrons. The molecular formula is C20H30N4O3S. The number of likely N-dealkylation sites (tertiary alicyclic amines) is 1. The number of hydrogen-bond acceptors (Lipinski definition) is 5. The summed E-state index contributed by atoms with van der Waals surface area (Å²) in [6, 6.07) is 8.87. The summed E-state index contributed by atoms with van der Waals surface area (Å²) in [7, 11) is -1.94. The van der Waals surface area contributed by atoms with Crippen molar-refractivity contribution in [3.8, 4) is 0 Å². The highest BCUT2D eigenvalue weighted by atomic mass is 32.2. The van der Waals surface area contributed by atoms with Crippen LogP contribution in [0.4, 0.5) is 0 Å². The molecular weight excluding hydrogens is 376 g/mol. The molecule has 3 rings (SSSR count). The Morgan fingerprint density at radius 2 is 2.04 bits per heavy atom. The number of benzene rings is 1. The van der Waals surface area contributed by atoms with Gasteiger partial charge in [-0.05, 0) is 38.8 Å². The maximum Gasteiger partial charge on any atom is 0.241 e. The van der Waals surface area contributed by atoms with Crippen molar-refractivity contribution in [2.45, 2.75) is 49.7 Å². The molecule has 1 aliphatic rings. The molecule has 1 atom stereocenters. The van der Waals surface area contributed by atoms with Gasteiger partial charge in [-0.25, -0.2) is 13.1 Å². The minimum Gasteiger partial charge on any atom is -0.385 e. The van der Waals surface area contributed by atoms with Crippen LogP contribution in [0.2, 0.25) is 0 Å². The third-order valence-electron chi connectivity index (χ3n) is 5.21. The van der Waals surface area contributed by atoms with Crippen molar-refractivity contribution < 1.29 is 13.2 Å². The Bertz CT molecular complexity index is 867. The second kappa shape index (κ2) is 8.73. The third-order valence-corrected chi connectivity index (χ3v) is 6.81. The standard InChI is InChI=1S/C20H30N4O3S/c1-17(2)24-15-18(13-21-24)14-23-11-9-20(16-23,10-12-27-3)22-28(25,26)19-7-5-4-6-8-19/h4-8,13,15,17,22H,9-12,14,16H2,1-3H3. The van der Waals surface area contributed by atoms with E-state index in [0.29, 0.717) is 30.5 Å². The normalized spacial score (nSPS) is 20.9. The average Bonchev–Trinajstić information content (AvgIpc) is 3.29. The second-order valence-corrected chi connectivity index (χ2v) is 9.51. The van der Waals surface area contributed by atoms with E-state index in [4.69, 9.17) is 4.74 Å². The van der Waals surface area contributed by atoms with Gasteiger partial charge in [0, 0.05) is 56.7 Å². The van der Waals surface area contributed by atoms with Crippen LogP contribution in [-0.2, 0) is 21.3 Å². The first-order valence-electron chi connectivity index (χ1n) is 9.67. The Kier molecular flexibility index (Phi) is 6.54. The summed E-state index contributed by atoms with van der Waals surface area (Å²) >= 11 is 0. The maximum atomic E-state index is 12.9. The SMILES string of the molecule is COCCC1(NS(=O)(=O)c2ccccc2)CCN(Cc2cnn(C(C)C)c2)C1. The molecule has 1 fully saturated rings. The number of nitrogens with zero attached hydrogens (tertiary/aromatic N) is 3. The van der Waals surface area contributed by atoms with E-state index >= 15 is 0 Å². The van der Waals surface area contributed by atoms with E-state index in [2.05, 4.69) is 34.8 Å². The second-order valence-electron chi connectivity index (χ2n) is 7.82. The van der Waals surface area contributed by atoms with Gasteiger partial charge in [0.2, 0.25) is 10.0 Å². The zero-order valence-electron chi connectivity index (χ0n) is 16.8. The van der Waals surface area contributed by atoms with E-state index < -0.39 is 15.6 Å². The van der Waals surface area contributed by atoms with Crippen molar-refractivity contribution in [3.05, 3.63) is 48.3 Å². The van der Waals surface area contributed by atoms with Crippen molar-refractivity contribution in [2.24, 2.45) is 0 Å². The number of ether oxygens (including phenoxy) is 1. The molecule has 1 aromatic carbocycles. The largest absolute Gasteiger partial charge is 0.385 e. The molecule has 7 nitrogen and oxygen atoms in total. The highest BCUT2D eigenvalue weighted by Gasteiger charge is 2.41. The number of aromatic nitrogens is 2. The summed E-state index contributed by atoms with van der Waals surface area (Å²) in [6.07, 6.45) is 5.34. The molecule has 0 aliphatic carbocycles. The highest BCUT2D eigenvalue weighted by Crippen LogP contribution is 2.28. The van der Waals surface area contributed by atoms with Gasteiger partial charge >= 0.3 is 0 Å². The molecule has 1 saturated heterocycles. The summed E-state index contributed by atoms with van der Waals surface area (Å²) in [6.45, 7) is 6.94. The average molecular weight is 407 g/mol. The van der Waals surface area contributed by atoms with Crippen LogP contribution in [-0.4, -0.2) is 55.4 Å². The van der Waals surface area contributed by atoms with Gasteiger partial charge in [0.1, 0.15) is 0 Å². The minimum absolute atomic E-state index is 0.295. The molecule has 2 aromatic rings. The monoisotopic (exact) mass is 406 g/mol.